The summed E-state index contributed by atoms with van der Waals surface area (Å²) in [5.41, 5.74) is 5.53. The fraction of sp³-hybridized carbons (Fsp3) is 0.286. The molecule has 0 aromatic heterocycles. The van der Waals surface area contributed by atoms with Gasteiger partial charge in [0, 0.05) is 0 Å². The average molecular weight is 155 g/mol. The minimum atomic E-state index is -1.03. The fourth-order valence-corrected chi connectivity index (χ4v) is 0.888. The molecule has 0 amide bonds. The number of allylic oxidation sites excluding steroid dienone is 2. The molecule has 1 rings (SSSR count). The van der Waals surface area contributed by atoms with Gasteiger partial charge in [0.25, 0.3) is 0 Å². The maximum Gasteiger partial charge on any atom is 0.167 e. The molecule has 0 bridgehead atoms. The largest absolute Gasteiger partial charge is 0.322 e. The van der Waals surface area contributed by atoms with Crippen molar-refractivity contribution in [2.75, 3.05) is 0 Å². The van der Waals surface area contributed by atoms with E-state index in [1.54, 1.807) is 24.3 Å². The van der Waals surface area contributed by atoms with Crippen LogP contribution < -0.4 is 5.73 Å². The molecule has 0 aromatic rings. The Morgan fingerprint density at radius 2 is 2.30 bits per heavy atom. The van der Waals surface area contributed by atoms with Crippen LogP contribution in [0.2, 0.25) is 0 Å². The number of nitriles is 1. The average Bonchev–Trinajstić information content (AvgIpc) is 1.96. The normalized spacial score (nSPS) is 37.5. The quantitative estimate of drug-likeness (QED) is 0.528. The first-order valence-corrected chi connectivity index (χ1v) is 3.28. The van der Waals surface area contributed by atoms with Crippen LogP contribution in [0.3, 0.4) is 0 Å². The van der Waals surface area contributed by atoms with Gasteiger partial charge < -0.3 is 5.73 Å². The van der Waals surface area contributed by atoms with E-state index in [0.717, 1.165) is 0 Å². The standard InChI is InChI=1S/C7H7ClN2/c8-7(5-9)4-2-1-3-6(7)10/h1-4,6H,10H2. The highest BCUT2D eigenvalue weighted by molar-refractivity contribution is 6.28. The molecule has 0 aliphatic heterocycles. The second-order valence-electron chi connectivity index (χ2n) is 2.15. The van der Waals surface area contributed by atoms with Crippen molar-refractivity contribution in [1.82, 2.24) is 0 Å². The molecule has 1 aliphatic carbocycles. The molecule has 10 heavy (non-hydrogen) atoms. The number of alkyl halides is 1. The van der Waals surface area contributed by atoms with Crippen molar-refractivity contribution in [3.05, 3.63) is 24.3 Å². The van der Waals surface area contributed by atoms with Crippen LogP contribution in [-0.2, 0) is 0 Å². The highest BCUT2D eigenvalue weighted by Crippen LogP contribution is 2.23. The Bertz CT molecular complexity index is 226. The van der Waals surface area contributed by atoms with E-state index in [2.05, 4.69) is 0 Å². The smallest absolute Gasteiger partial charge is 0.167 e. The molecule has 0 saturated heterocycles. The van der Waals surface area contributed by atoms with Gasteiger partial charge in [0.1, 0.15) is 0 Å². The van der Waals surface area contributed by atoms with Crippen molar-refractivity contribution in [3.63, 3.8) is 0 Å². The molecule has 3 heteroatoms. The Hall–Kier alpha value is -0.780. The Morgan fingerprint density at radius 3 is 2.70 bits per heavy atom. The molecule has 0 saturated carbocycles. The highest BCUT2D eigenvalue weighted by Gasteiger charge is 2.31. The third-order valence-electron chi connectivity index (χ3n) is 1.42. The van der Waals surface area contributed by atoms with E-state index in [4.69, 9.17) is 22.6 Å². The third-order valence-corrected chi connectivity index (χ3v) is 1.89. The predicted octanol–water partition coefficient (Wildman–Crippen LogP) is 0.941. The van der Waals surface area contributed by atoms with Gasteiger partial charge in [0.2, 0.25) is 0 Å². The lowest BCUT2D eigenvalue weighted by Gasteiger charge is -2.21. The van der Waals surface area contributed by atoms with Gasteiger partial charge in [-0.05, 0) is 6.08 Å². The van der Waals surface area contributed by atoms with Crippen LogP contribution in [0.15, 0.2) is 24.3 Å². The maximum atomic E-state index is 8.57. The van der Waals surface area contributed by atoms with Crippen LogP contribution in [-0.4, -0.2) is 10.9 Å². The number of halogens is 1. The maximum absolute atomic E-state index is 8.57. The SMILES string of the molecule is N#CC1(Cl)C=CC=CC1N. The van der Waals surface area contributed by atoms with Crippen LogP contribution in [0.5, 0.6) is 0 Å². The van der Waals surface area contributed by atoms with Crippen LogP contribution in [0.4, 0.5) is 0 Å². The molecule has 0 radical (unpaired) electrons. The molecule has 0 fully saturated rings. The number of nitrogens with two attached hydrogens (primary N) is 1. The predicted molar refractivity (Wildman–Crippen MR) is 40.5 cm³/mol. The van der Waals surface area contributed by atoms with Crippen molar-refractivity contribution in [3.8, 4) is 6.07 Å². The first-order valence-electron chi connectivity index (χ1n) is 2.91. The highest BCUT2D eigenvalue weighted by atomic mass is 35.5. The summed E-state index contributed by atoms with van der Waals surface area (Å²) < 4.78 is 0. The van der Waals surface area contributed by atoms with E-state index in [1.165, 1.54) is 0 Å². The molecule has 52 valence electrons. The zero-order valence-electron chi connectivity index (χ0n) is 5.29. The van der Waals surface area contributed by atoms with E-state index in [-0.39, 0.29) is 0 Å². The second kappa shape index (κ2) is 2.45. The van der Waals surface area contributed by atoms with E-state index < -0.39 is 10.9 Å². The van der Waals surface area contributed by atoms with Gasteiger partial charge in [-0.1, -0.05) is 29.8 Å². The summed E-state index contributed by atoms with van der Waals surface area (Å²) in [7, 11) is 0. The van der Waals surface area contributed by atoms with Crippen molar-refractivity contribution >= 4 is 11.6 Å². The summed E-state index contributed by atoms with van der Waals surface area (Å²) in [4.78, 5) is -1.03. The van der Waals surface area contributed by atoms with Gasteiger partial charge in [0.15, 0.2) is 4.87 Å². The van der Waals surface area contributed by atoms with Gasteiger partial charge in [0.05, 0.1) is 12.1 Å². The zero-order chi connectivity index (χ0) is 7.61. The van der Waals surface area contributed by atoms with Gasteiger partial charge in [-0.25, -0.2) is 0 Å². The van der Waals surface area contributed by atoms with E-state index in [0.29, 0.717) is 0 Å². The Kier molecular flexibility index (Phi) is 1.80. The Balaban J connectivity index is 2.91. The third kappa shape index (κ3) is 1.06. The molecular weight excluding hydrogens is 148 g/mol. The van der Waals surface area contributed by atoms with E-state index in [9.17, 15) is 0 Å². The number of nitrogens with zero attached hydrogens (tertiary/aromatic N) is 1. The monoisotopic (exact) mass is 154 g/mol. The van der Waals surface area contributed by atoms with Crippen molar-refractivity contribution < 1.29 is 0 Å². The summed E-state index contributed by atoms with van der Waals surface area (Å²) >= 11 is 5.79. The Labute approximate surface area is 64.6 Å². The number of hydrogen-bond acceptors (Lipinski definition) is 2. The summed E-state index contributed by atoms with van der Waals surface area (Å²) in [5, 5.41) is 8.57. The molecule has 1 aliphatic rings. The van der Waals surface area contributed by atoms with Gasteiger partial charge in [-0.3, -0.25) is 0 Å². The van der Waals surface area contributed by atoms with Crippen LogP contribution in [0, 0.1) is 11.3 Å². The van der Waals surface area contributed by atoms with Gasteiger partial charge >= 0.3 is 0 Å². The Morgan fingerprint density at radius 1 is 1.60 bits per heavy atom. The molecule has 2 unspecified atom stereocenters. The molecule has 2 N–H and O–H groups in total. The lowest BCUT2D eigenvalue weighted by molar-refractivity contribution is 0.731. The summed E-state index contributed by atoms with van der Waals surface area (Å²) in [6.45, 7) is 0. The zero-order valence-corrected chi connectivity index (χ0v) is 6.05. The lowest BCUT2D eigenvalue weighted by Crippen LogP contribution is -2.40. The van der Waals surface area contributed by atoms with Crippen LogP contribution in [0.1, 0.15) is 0 Å². The number of hydrogen-bond donors (Lipinski definition) is 1. The summed E-state index contributed by atoms with van der Waals surface area (Å²) in [6.07, 6.45) is 6.80. The van der Waals surface area contributed by atoms with Crippen molar-refractivity contribution in [2.24, 2.45) is 5.73 Å². The molecular formula is C7H7ClN2. The topological polar surface area (TPSA) is 49.8 Å². The minimum absolute atomic E-state index is 0.399. The van der Waals surface area contributed by atoms with Crippen LogP contribution >= 0.6 is 11.6 Å². The minimum Gasteiger partial charge on any atom is -0.322 e. The summed E-state index contributed by atoms with van der Waals surface area (Å²) in [5.74, 6) is 0. The van der Waals surface area contributed by atoms with Crippen molar-refractivity contribution in [2.45, 2.75) is 10.9 Å². The fourth-order valence-electron chi connectivity index (χ4n) is 0.742. The second-order valence-corrected chi connectivity index (χ2v) is 2.78. The number of rotatable bonds is 0. The first-order chi connectivity index (χ1) is 4.69. The van der Waals surface area contributed by atoms with Crippen LogP contribution in [0.25, 0.3) is 0 Å². The molecule has 2 atom stereocenters. The van der Waals surface area contributed by atoms with E-state index >= 15 is 0 Å². The molecule has 0 aromatic carbocycles. The molecule has 2 nitrogen and oxygen atoms in total. The van der Waals surface area contributed by atoms with Gasteiger partial charge in [-0.15, -0.1) is 0 Å². The lowest BCUT2D eigenvalue weighted by atomic mass is 9.97. The summed E-state index contributed by atoms with van der Waals surface area (Å²) in [6, 6.07) is 1.53. The van der Waals surface area contributed by atoms with Gasteiger partial charge in [-0.2, -0.15) is 5.26 Å². The van der Waals surface area contributed by atoms with Crippen molar-refractivity contribution in [1.29, 1.82) is 5.26 Å². The molecule has 0 heterocycles. The molecule has 0 spiro atoms. The first kappa shape index (κ1) is 7.33. The van der Waals surface area contributed by atoms with E-state index in [1.807, 2.05) is 6.07 Å².